The number of primary amides is 1. The van der Waals surface area contributed by atoms with Crippen LogP contribution in [0, 0.1) is 23.4 Å². The molecule has 22 N–H and O–H groups in total. The number of aliphatic hydroxyl groups is 4. The number of aliphatic hydroxyl groups excluding tert-OH is 4. The van der Waals surface area contributed by atoms with E-state index in [9.17, 15) is 83.3 Å². The summed E-state index contributed by atoms with van der Waals surface area (Å²) in [7, 11) is 3.81. The average molecular weight is 1880 g/mol. The number of carbonyl (C=O) groups excluding carboxylic acids is 13. The fourth-order valence-electron chi connectivity index (χ4n) is 15.7. The van der Waals surface area contributed by atoms with Crippen molar-refractivity contribution >= 4 is 112 Å². The molecule has 0 spiro atoms. The second-order valence-corrected chi connectivity index (χ2v) is 34.5. The number of aldehydes is 1. The van der Waals surface area contributed by atoms with Crippen LogP contribution < -0.4 is 59.7 Å². The number of unbranched alkanes of at least 4 members (excludes halogenated alkanes) is 1. The SMILES string of the molecule is CCCC[C@@H](C(=O)N1C[C@H](O)C[C@@H]1C(=O)N[C@H](C=O)CC(=O)O)N(C)C(=O)[C@H](Cc1ccccc1)N(C)C(=O)[C@H](Cc1cc(F)c(F)c(F)c1)NC(O)CSC[C@H](NC(O)[C@H](CN)NC(=O)[C@H](Cc1ccc(O)cc1)NC(=O)[C@H](Cc1c[nH]c2ccccc12)NC(=O)[C@H]1C[C@@H](O)CN1C(=O)[C@H](CCC(=O)O)NC(=O)C(Cc1ccccc1)N(C)C(=O)[C@@H](N)C(C)C)C(=O)NCC(N)=O. The summed E-state index contributed by atoms with van der Waals surface area (Å²) < 4.78 is 44.8. The number of aliphatic carboxylic acids is 2. The topological polar surface area (TPSA) is 604 Å². The number of phenols is 1. The van der Waals surface area contributed by atoms with Crippen molar-refractivity contribution in [3.63, 3.8) is 0 Å². The van der Waals surface area contributed by atoms with Gasteiger partial charge in [0.2, 0.25) is 70.9 Å². The van der Waals surface area contributed by atoms with Crippen molar-refractivity contribution in [2.45, 2.75) is 207 Å². The number of fused-ring (bicyclic) bond motifs is 1. The molecule has 8 rings (SSSR count). The van der Waals surface area contributed by atoms with Crippen LogP contribution in [0.1, 0.15) is 100.0 Å². The number of amides is 12. The molecule has 2 aliphatic rings. The first-order valence-corrected chi connectivity index (χ1v) is 44.5. The number of thioether (sulfide) groups is 1. The fourth-order valence-corrected chi connectivity index (χ4v) is 16.6. The lowest BCUT2D eigenvalue weighted by Gasteiger charge is -2.38. The Bertz CT molecular complexity index is 5030. The zero-order chi connectivity index (χ0) is 97.8. The number of likely N-dealkylation sites (tertiary alicyclic amines) is 2. The number of carboxylic acids is 2. The Hall–Kier alpha value is -12.5. The predicted molar refractivity (Wildman–Crippen MR) is 478 cm³/mol. The molecule has 0 radical (unpaired) electrons. The number of nitrogens with zero attached hydrogens (tertiary/aromatic N) is 5. The van der Waals surface area contributed by atoms with Crippen LogP contribution in [-0.2, 0) is 104 Å². The van der Waals surface area contributed by atoms with Gasteiger partial charge in [-0.1, -0.05) is 125 Å². The summed E-state index contributed by atoms with van der Waals surface area (Å²) in [4.78, 5) is 218. The van der Waals surface area contributed by atoms with Crippen LogP contribution in [0.25, 0.3) is 10.9 Å². The number of halogens is 3. The second kappa shape index (κ2) is 50.4. The number of aromatic hydroxyl groups is 1. The van der Waals surface area contributed by atoms with Crippen molar-refractivity contribution in [3.8, 4) is 5.75 Å². The molecule has 0 saturated carbocycles. The number of carbonyl (C=O) groups is 15. The third-order valence-electron chi connectivity index (χ3n) is 23.1. The number of aromatic nitrogens is 1. The van der Waals surface area contributed by atoms with Crippen molar-refractivity contribution in [2.24, 2.45) is 23.1 Å². The van der Waals surface area contributed by atoms with E-state index in [2.05, 4.69) is 47.5 Å². The Morgan fingerprint density at radius 2 is 1.11 bits per heavy atom. The van der Waals surface area contributed by atoms with Gasteiger partial charge in [0.1, 0.15) is 72.8 Å². The average Bonchev–Trinajstić information content (AvgIpc) is 0.976. The third kappa shape index (κ3) is 30.3. The number of aromatic amines is 1. The standard InChI is InChI=1S/C90H118F3N17O22S/c1-7-8-23-68(89(131)110-44-57(114)38-70(110)84(126)99-54(45-111)37-76(119)120)106(4)88(130)72(35-50-19-13-10-14-20-50)108(6)86(128)65(33-52-30-59(91)77(93)60(92)31-52)100-74(116)47-133-46-67(79(121)98-42-73(95)115)105-82(124)66(40-94)104-80(122)63(32-51-24-26-55(112)27-25-51)102-81(123)64(36-53-41-97-61-22-16-15-21-58(53)61)103-85(127)71-39-56(113)43-109(71)87(129)62(28-29-75(117)118)101-83(125)69(34-49-17-11-9-12-18-49)107(5)90(132)78(96)48(2)3/h9-22,24-27,30-31,41,45,48,54,56-57,62-72,74,78,82,97,100,105,112-114,116,124H,7-8,23,28-29,32-40,42-44,46-47,94,96H2,1-6H3,(H2,95,115)(H,98,121)(H,99,126)(H,101,125)(H,102,123)(H,103,127)(H,104,122)(H,117,118)(H,119,120)/t54-,56+,57+,62-,63-,64-,65-,66-,67-,68-,69?,70+,71+,72-,74?,78-,82?/m0/s1. The number of phenolic OH excluding ortho intramolecular Hbond substituents is 1. The summed E-state index contributed by atoms with van der Waals surface area (Å²) in [6, 6.07) is 10.1. The Morgan fingerprint density at radius 1 is 0.579 bits per heavy atom. The number of H-pyrrole nitrogens is 1. The molecule has 1 aromatic heterocycles. The highest BCUT2D eigenvalue weighted by Crippen LogP contribution is 2.29. The molecule has 0 bridgehead atoms. The molecule has 133 heavy (non-hydrogen) atoms. The number of carboxylic acid groups (broad SMARTS) is 2. The van der Waals surface area contributed by atoms with Gasteiger partial charge in [0, 0.05) is 114 Å². The molecule has 2 saturated heterocycles. The largest absolute Gasteiger partial charge is 0.508 e. The highest BCUT2D eigenvalue weighted by molar-refractivity contribution is 7.99. The number of hydrogen-bond acceptors (Lipinski definition) is 25. The normalized spacial score (nSPS) is 17.8. The molecule has 3 unspecified atom stereocenters. The fraction of sp³-hybridized carbons (Fsp3) is 0.478. The predicted octanol–water partition coefficient (Wildman–Crippen LogP) is -1.81. The smallest absolute Gasteiger partial charge is 0.305 e. The quantitative estimate of drug-likeness (QED) is 0.0114. The lowest BCUT2D eigenvalue weighted by atomic mass is 9.99. The van der Waals surface area contributed by atoms with E-state index in [4.69, 9.17) is 17.2 Å². The molecule has 17 atom stereocenters. The lowest BCUT2D eigenvalue weighted by molar-refractivity contribution is -0.152. The molecule has 2 aliphatic heterocycles. The molecule has 39 nitrogen and oxygen atoms in total. The molecule has 722 valence electrons. The van der Waals surface area contributed by atoms with Gasteiger partial charge in [0.25, 0.3) is 0 Å². The van der Waals surface area contributed by atoms with Gasteiger partial charge < -0.3 is 119 Å². The van der Waals surface area contributed by atoms with Gasteiger partial charge in [-0.3, -0.25) is 77.8 Å². The molecule has 3 heterocycles. The van der Waals surface area contributed by atoms with Gasteiger partial charge in [-0.25, -0.2) is 13.2 Å². The van der Waals surface area contributed by atoms with Crippen molar-refractivity contribution in [1.29, 1.82) is 0 Å². The number of nitrogens with one attached hydrogen (secondary N) is 9. The Labute approximate surface area is 769 Å². The maximum atomic E-state index is 15.4. The minimum atomic E-state index is -2.05. The minimum absolute atomic E-state index is 0.0427. The zero-order valence-corrected chi connectivity index (χ0v) is 75.1. The summed E-state index contributed by atoms with van der Waals surface area (Å²) in [5.41, 5.74) is 20.0. The van der Waals surface area contributed by atoms with Crippen molar-refractivity contribution in [1.82, 2.24) is 72.0 Å². The highest BCUT2D eigenvalue weighted by Gasteiger charge is 2.48. The summed E-state index contributed by atoms with van der Waals surface area (Å²) >= 11 is 0.741. The molecular formula is C90H118F3N17O22S. The van der Waals surface area contributed by atoms with Gasteiger partial charge in [-0.05, 0) is 83.3 Å². The highest BCUT2D eigenvalue weighted by atomic mass is 32.2. The molecule has 5 aromatic carbocycles. The first-order valence-electron chi connectivity index (χ1n) is 43.3. The van der Waals surface area contributed by atoms with Crippen molar-refractivity contribution in [2.75, 3.05) is 58.8 Å². The van der Waals surface area contributed by atoms with Gasteiger partial charge in [-0.15, -0.1) is 0 Å². The Balaban J connectivity index is 1.03. The number of hydrogen-bond donors (Lipinski definition) is 19. The molecular weight excluding hydrogens is 1760 g/mol. The van der Waals surface area contributed by atoms with E-state index >= 15 is 37.5 Å². The van der Waals surface area contributed by atoms with Crippen LogP contribution in [0.4, 0.5) is 13.2 Å². The first kappa shape index (κ1) is 106. The maximum absolute atomic E-state index is 15.4. The minimum Gasteiger partial charge on any atom is -0.508 e. The van der Waals surface area contributed by atoms with E-state index in [1.165, 1.54) is 45.4 Å². The summed E-state index contributed by atoms with van der Waals surface area (Å²) in [5.74, 6) is -21.0. The molecule has 2 fully saturated rings. The summed E-state index contributed by atoms with van der Waals surface area (Å²) in [6.07, 6.45) is -8.76. The van der Waals surface area contributed by atoms with E-state index in [0.29, 0.717) is 58.1 Å². The van der Waals surface area contributed by atoms with Gasteiger partial charge >= 0.3 is 11.9 Å². The third-order valence-corrected chi connectivity index (χ3v) is 24.3. The van der Waals surface area contributed by atoms with E-state index < -0.39 is 280 Å². The summed E-state index contributed by atoms with van der Waals surface area (Å²) in [6.45, 7) is 2.84. The van der Waals surface area contributed by atoms with Gasteiger partial charge in [0.05, 0.1) is 55.4 Å². The maximum Gasteiger partial charge on any atom is 0.305 e. The van der Waals surface area contributed by atoms with Gasteiger partial charge in [-0.2, -0.15) is 11.8 Å². The summed E-state index contributed by atoms with van der Waals surface area (Å²) in [5, 5.41) is 96.8. The lowest BCUT2D eigenvalue weighted by Crippen LogP contribution is -2.62. The second-order valence-electron chi connectivity index (χ2n) is 33.4. The van der Waals surface area contributed by atoms with E-state index in [-0.39, 0.29) is 55.6 Å². The Kier molecular flexibility index (Phi) is 40.1. The number of nitrogens with two attached hydrogens (primary N) is 3. The molecule has 6 aromatic rings. The Morgan fingerprint density at radius 3 is 1.68 bits per heavy atom. The number of benzene rings is 5. The van der Waals surface area contributed by atoms with Crippen LogP contribution in [0.3, 0.4) is 0 Å². The van der Waals surface area contributed by atoms with Crippen molar-refractivity contribution in [3.05, 3.63) is 173 Å². The van der Waals surface area contributed by atoms with Gasteiger partial charge in [0.15, 0.2) is 17.5 Å². The molecule has 0 aliphatic carbocycles. The number of β-amino-alcohol motifs (C(OH)–C–C–N with tert-alkyl or cyclic N) is 2. The molecule has 12 amide bonds. The van der Waals surface area contributed by atoms with Crippen LogP contribution in [0.5, 0.6) is 5.75 Å². The number of rotatable bonds is 51. The van der Waals surface area contributed by atoms with Crippen molar-refractivity contribution < 1.29 is 121 Å². The van der Waals surface area contributed by atoms with E-state index in [0.717, 1.165) is 36.3 Å². The first-order chi connectivity index (χ1) is 63.1. The number of likely N-dealkylation sites (N-methyl/N-ethyl adjacent to an activating group) is 3. The molecule has 43 heteroatoms. The number of para-hydroxylation sites is 1. The van der Waals surface area contributed by atoms with E-state index in [1.807, 2.05) is 0 Å². The van der Waals surface area contributed by atoms with Crippen LogP contribution >= 0.6 is 11.8 Å². The zero-order valence-electron chi connectivity index (χ0n) is 74.3. The van der Waals surface area contributed by atoms with E-state index in [1.54, 1.807) is 112 Å². The van der Waals surface area contributed by atoms with Crippen LogP contribution in [0.2, 0.25) is 0 Å². The van der Waals surface area contributed by atoms with Crippen LogP contribution in [-0.4, -0.2) is 316 Å². The van der Waals surface area contributed by atoms with Crippen LogP contribution in [0.15, 0.2) is 128 Å². The monoisotopic (exact) mass is 1880 g/mol.